The molecule has 1 N–H and O–H groups in total. The summed E-state index contributed by atoms with van der Waals surface area (Å²) in [5, 5.41) is 11.9. The lowest BCUT2D eigenvalue weighted by Gasteiger charge is -2.30. The maximum absolute atomic E-state index is 12.6. The van der Waals surface area contributed by atoms with Gasteiger partial charge in [0.05, 0.1) is 11.9 Å². The van der Waals surface area contributed by atoms with Crippen LogP contribution in [0.4, 0.5) is 5.69 Å². The monoisotopic (exact) mass is 417 g/mol. The lowest BCUT2D eigenvalue weighted by molar-refractivity contribution is 0.0700. The standard InChI is InChI=1S/C22H23N7O2/c1-15-11-19(27-31-15)22(30)28-9-6-17(7-10-28)21-25-20-5-4-18(14-29(20)26-21)24-13-16-3-2-8-23-12-16/h2-5,8,11-12,14,17,24H,6-7,9-10,13H2,1H3. The molecule has 0 spiro atoms. The van der Waals surface area contributed by atoms with Crippen LogP contribution < -0.4 is 5.32 Å². The van der Waals surface area contributed by atoms with Gasteiger partial charge in [-0.3, -0.25) is 9.78 Å². The summed E-state index contributed by atoms with van der Waals surface area (Å²) in [6.45, 7) is 3.79. The van der Waals surface area contributed by atoms with E-state index in [4.69, 9.17) is 14.6 Å². The number of nitrogens with one attached hydrogen (secondary N) is 1. The van der Waals surface area contributed by atoms with Crippen molar-refractivity contribution in [2.24, 2.45) is 0 Å². The van der Waals surface area contributed by atoms with E-state index >= 15 is 0 Å². The smallest absolute Gasteiger partial charge is 0.276 e. The van der Waals surface area contributed by atoms with Crippen molar-refractivity contribution in [3.05, 3.63) is 71.8 Å². The fraction of sp³-hybridized carbons (Fsp3) is 0.318. The van der Waals surface area contributed by atoms with Crippen LogP contribution in [0.1, 0.15) is 46.4 Å². The highest BCUT2D eigenvalue weighted by Gasteiger charge is 2.28. The van der Waals surface area contributed by atoms with Crippen LogP contribution in [0.5, 0.6) is 0 Å². The first-order valence-electron chi connectivity index (χ1n) is 10.4. The van der Waals surface area contributed by atoms with E-state index in [1.54, 1.807) is 19.2 Å². The molecule has 5 rings (SSSR count). The van der Waals surface area contributed by atoms with Gasteiger partial charge in [-0.15, -0.1) is 0 Å². The van der Waals surface area contributed by atoms with Crippen LogP contribution in [-0.2, 0) is 6.54 Å². The van der Waals surface area contributed by atoms with Crippen molar-refractivity contribution in [2.45, 2.75) is 32.2 Å². The molecule has 1 aliphatic rings. The normalized spacial score (nSPS) is 14.8. The molecule has 9 heteroatoms. The zero-order valence-corrected chi connectivity index (χ0v) is 17.2. The number of fused-ring (bicyclic) bond motifs is 1. The Morgan fingerprint density at radius 1 is 1.26 bits per heavy atom. The Balaban J connectivity index is 1.23. The van der Waals surface area contributed by atoms with E-state index in [9.17, 15) is 4.79 Å². The van der Waals surface area contributed by atoms with E-state index in [-0.39, 0.29) is 11.8 Å². The molecule has 0 aliphatic carbocycles. The summed E-state index contributed by atoms with van der Waals surface area (Å²) in [6, 6.07) is 9.61. The number of likely N-dealkylation sites (tertiary alicyclic amines) is 1. The molecule has 0 unspecified atom stereocenters. The van der Waals surface area contributed by atoms with Crippen molar-refractivity contribution < 1.29 is 9.32 Å². The maximum atomic E-state index is 12.6. The number of amides is 1. The van der Waals surface area contributed by atoms with Gasteiger partial charge in [0.1, 0.15) is 5.76 Å². The zero-order valence-electron chi connectivity index (χ0n) is 17.2. The Hall–Kier alpha value is -3.75. The molecule has 1 aliphatic heterocycles. The molecule has 4 aromatic heterocycles. The van der Waals surface area contributed by atoms with Crippen LogP contribution >= 0.6 is 0 Å². The number of aryl methyl sites for hydroxylation is 1. The van der Waals surface area contributed by atoms with Crippen molar-refractivity contribution in [2.75, 3.05) is 18.4 Å². The molecule has 0 bridgehead atoms. The number of aromatic nitrogens is 5. The third-order valence-electron chi connectivity index (χ3n) is 5.56. The first-order valence-corrected chi connectivity index (χ1v) is 10.4. The van der Waals surface area contributed by atoms with Crippen molar-refractivity contribution in [3.63, 3.8) is 0 Å². The van der Waals surface area contributed by atoms with Gasteiger partial charge in [0.2, 0.25) is 0 Å². The third-order valence-corrected chi connectivity index (χ3v) is 5.56. The van der Waals surface area contributed by atoms with E-state index in [0.717, 1.165) is 35.6 Å². The average molecular weight is 417 g/mol. The van der Waals surface area contributed by atoms with Crippen LogP contribution in [-0.4, -0.2) is 48.6 Å². The molecule has 0 saturated carbocycles. The lowest BCUT2D eigenvalue weighted by Crippen LogP contribution is -2.38. The second-order valence-corrected chi connectivity index (χ2v) is 7.79. The highest BCUT2D eigenvalue weighted by Crippen LogP contribution is 2.27. The molecule has 0 aromatic carbocycles. The van der Waals surface area contributed by atoms with Gasteiger partial charge in [-0.25, -0.2) is 9.50 Å². The summed E-state index contributed by atoms with van der Waals surface area (Å²) in [5.74, 6) is 1.62. The predicted octanol–water partition coefficient (Wildman–Crippen LogP) is 3.05. The topological polar surface area (TPSA) is 101 Å². The number of nitrogens with zero attached hydrogens (tertiary/aromatic N) is 6. The summed E-state index contributed by atoms with van der Waals surface area (Å²) in [4.78, 5) is 23.2. The molecular formula is C22H23N7O2. The first kappa shape index (κ1) is 19.2. The summed E-state index contributed by atoms with van der Waals surface area (Å²) < 4.78 is 6.84. The maximum Gasteiger partial charge on any atom is 0.276 e. The Labute approximate surface area is 179 Å². The quantitative estimate of drug-likeness (QED) is 0.532. The first-order chi connectivity index (χ1) is 15.2. The van der Waals surface area contributed by atoms with Gasteiger partial charge >= 0.3 is 0 Å². The van der Waals surface area contributed by atoms with E-state index < -0.39 is 0 Å². The minimum absolute atomic E-state index is 0.0809. The zero-order chi connectivity index (χ0) is 21.2. The number of hydrogen-bond donors (Lipinski definition) is 1. The molecule has 31 heavy (non-hydrogen) atoms. The van der Waals surface area contributed by atoms with E-state index in [1.165, 1.54) is 0 Å². The minimum Gasteiger partial charge on any atom is -0.380 e. The van der Waals surface area contributed by atoms with E-state index in [0.29, 0.717) is 31.1 Å². The molecule has 0 atom stereocenters. The predicted molar refractivity (Wildman–Crippen MR) is 114 cm³/mol. The number of carbonyl (C=O) groups is 1. The average Bonchev–Trinajstić information content (AvgIpc) is 3.44. The van der Waals surface area contributed by atoms with E-state index in [1.807, 2.05) is 46.1 Å². The minimum atomic E-state index is -0.0809. The van der Waals surface area contributed by atoms with Gasteiger partial charge in [-0.05, 0) is 43.5 Å². The molecule has 158 valence electrons. The fourth-order valence-electron chi connectivity index (χ4n) is 3.85. The number of carbonyl (C=O) groups excluding carboxylic acids is 1. The molecule has 0 radical (unpaired) electrons. The molecular weight excluding hydrogens is 394 g/mol. The lowest BCUT2D eigenvalue weighted by atomic mass is 9.96. The Kier molecular flexibility index (Phi) is 5.07. The molecule has 1 saturated heterocycles. The van der Waals surface area contributed by atoms with Crippen molar-refractivity contribution in [1.29, 1.82) is 0 Å². The SMILES string of the molecule is Cc1cc(C(=O)N2CCC(c3nc4ccc(NCc5cccnc5)cn4n3)CC2)no1. The Morgan fingerprint density at radius 2 is 2.13 bits per heavy atom. The molecule has 1 fully saturated rings. The highest BCUT2D eigenvalue weighted by molar-refractivity contribution is 5.92. The van der Waals surface area contributed by atoms with Crippen LogP contribution in [0, 0.1) is 6.92 Å². The largest absolute Gasteiger partial charge is 0.380 e. The fourth-order valence-corrected chi connectivity index (χ4v) is 3.85. The van der Waals surface area contributed by atoms with Crippen LogP contribution in [0.25, 0.3) is 5.65 Å². The van der Waals surface area contributed by atoms with Crippen molar-refractivity contribution in [1.82, 2.24) is 29.6 Å². The van der Waals surface area contributed by atoms with Crippen LogP contribution in [0.15, 0.2) is 53.4 Å². The van der Waals surface area contributed by atoms with Crippen LogP contribution in [0.2, 0.25) is 0 Å². The third kappa shape index (κ3) is 4.11. The summed E-state index contributed by atoms with van der Waals surface area (Å²) in [5.41, 5.74) is 3.27. The van der Waals surface area contributed by atoms with E-state index in [2.05, 4.69) is 15.5 Å². The van der Waals surface area contributed by atoms with Gasteiger partial charge in [-0.2, -0.15) is 5.10 Å². The Morgan fingerprint density at radius 3 is 2.87 bits per heavy atom. The van der Waals surface area contributed by atoms with Gasteiger partial charge in [0, 0.05) is 44.0 Å². The summed E-state index contributed by atoms with van der Waals surface area (Å²) >= 11 is 0. The second-order valence-electron chi connectivity index (χ2n) is 7.79. The van der Waals surface area contributed by atoms with Gasteiger partial charge < -0.3 is 14.7 Å². The number of piperidine rings is 1. The van der Waals surface area contributed by atoms with Crippen molar-refractivity contribution in [3.8, 4) is 0 Å². The summed E-state index contributed by atoms with van der Waals surface area (Å²) in [6.07, 6.45) is 7.22. The molecule has 4 aromatic rings. The highest BCUT2D eigenvalue weighted by atomic mass is 16.5. The van der Waals surface area contributed by atoms with Gasteiger partial charge in [0.15, 0.2) is 17.2 Å². The van der Waals surface area contributed by atoms with Crippen LogP contribution in [0.3, 0.4) is 0 Å². The number of pyridine rings is 2. The van der Waals surface area contributed by atoms with Crippen molar-refractivity contribution >= 4 is 17.2 Å². The Bertz CT molecular complexity index is 1190. The number of rotatable bonds is 5. The van der Waals surface area contributed by atoms with Gasteiger partial charge in [-0.1, -0.05) is 11.2 Å². The second kappa shape index (κ2) is 8.17. The number of hydrogen-bond acceptors (Lipinski definition) is 7. The molecule has 5 heterocycles. The molecule has 1 amide bonds. The number of anilines is 1. The summed E-state index contributed by atoms with van der Waals surface area (Å²) in [7, 11) is 0. The molecule has 9 nitrogen and oxygen atoms in total. The van der Waals surface area contributed by atoms with Gasteiger partial charge in [0.25, 0.3) is 5.91 Å².